The zero-order valence-electron chi connectivity index (χ0n) is 33.6. The maximum absolute atomic E-state index is 12.2. The second kappa shape index (κ2) is 16.1. The lowest BCUT2D eigenvalue weighted by Crippen LogP contribution is -2.26. The fourth-order valence-electron chi connectivity index (χ4n) is 8.55. The lowest BCUT2D eigenvalue weighted by atomic mass is 9.79. The summed E-state index contributed by atoms with van der Waals surface area (Å²) in [7, 11) is 4.30. The number of benzene rings is 5. The number of unbranched alkanes of at least 4 members (excludes halogenated alkanes) is 2. The normalized spacial score (nSPS) is 16.5. The number of hydrogen-bond donors (Lipinski definition) is 0. The highest BCUT2D eigenvalue weighted by Crippen LogP contribution is 2.50. The number of allylic oxidation sites excluding steroid dienone is 8. The van der Waals surface area contributed by atoms with E-state index in [1.807, 2.05) is 6.07 Å². The van der Waals surface area contributed by atoms with Gasteiger partial charge in [-0.25, -0.2) is 0 Å². The Morgan fingerprint density at radius 2 is 1.46 bits per heavy atom. The lowest BCUT2D eigenvalue weighted by Gasteiger charge is -2.24. The minimum atomic E-state index is -0.486. The van der Waals surface area contributed by atoms with Gasteiger partial charge in [-0.1, -0.05) is 80.6 Å². The van der Waals surface area contributed by atoms with E-state index in [0.29, 0.717) is 18.8 Å². The molecule has 0 fully saturated rings. The van der Waals surface area contributed by atoms with Gasteiger partial charge in [0.1, 0.15) is 18.5 Å². The number of ether oxygens (including phenoxy) is 2. The molecule has 57 heavy (non-hydrogen) atoms. The fraction of sp³-hybridized carbons (Fsp3) is 0.265. The fourth-order valence-corrected chi connectivity index (χ4v) is 8.55. The Kier molecular flexibility index (Phi) is 11.0. The van der Waals surface area contributed by atoms with Gasteiger partial charge in [0.15, 0.2) is 5.71 Å². The van der Waals surface area contributed by atoms with Gasteiger partial charge in [0.05, 0.1) is 16.9 Å². The van der Waals surface area contributed by atoms with E-state index in [4.69, 9.17) is 9.47 Å². The van der Waals surface area contributed by atoms with Crippen molar-refractivity contribution >= 4 is 50.3 Å². The number of anilines is 1. The average molecular weight is 761 g/mol. The predicted molar refractivity (Wildman–Crippen MR) is 231 cm³/mol. The summed E-state index contributed by atoms with van der Waals surface area (Å²) < 4.78 is 13.8. The summed E-state index contributed by atoms with van der Waals surface area (Å²) in [6, 6.07) is 29.3. The molecule has 5 aromatic rings. The van der Waals surface area contributed by atoms with Crippen molar-refractivity contribution < 1.29 is 23.8 Å². The molecule has 0 N–H and O–H groups in total. The molecule has 2 heterocycles. The summed E-state index contributed by atoms with van der Waals surface area (Å²) in [6.07, 6.45) is 17.5. The molecule has 8 nitrogen and oxygen atoms in total. The van der Waals surface area contributed by atoms with Gasteiger partial charge >= 0.3 is 5.97 Å². The van der Waals surface area contributed by atoms with Gasteiger partial charge in [0, 0.05) is 60.1 Å². The molecule has 290 valence electrons. The molecule has 0 spiro atoms. The van der Waals surface area contributed by atoms with Crippen molar-refractivity contribution in [1.82, 2.24) is 0 Å². The summed E-state index contributed by atoms with van der Waals surface area (Å²) in [5.41, 5.74) is 7.24. The number of likely N-dealkylation sites (N-methyl/N-ethyl adjacent to an activating group) is 1. The van der Waals surface area contributed by atoms with Crippen LogP contribution in [0.2, 0.25) is 0 Å². The van der Waals surface area contributed by atoms with Crippen LogP contribution in [0.25, 0.3) is 21.5 Å². The second-order valence-electron chi connectivity index (χ2n) is 15.8. The van der Waals surface area contributed by atoms with E-state index in [2.05, 4.69) is 154 Å². The number of rotatable bonds is 13. The van der Waals surface area contributed by atoms with Crippen LogP contribution in [0.4, 0.5) is 17.1 Å². The summed E-state index contributed by atoms with van der Waals surface area (Å²) >= 11 is 0. The molecule has 0 aromatic heterocycles. The number of carbonyl (C=O) groups excluding carboxylic acids is 1. The molecule has 7 rings (SSSR count). The van der Waals surface area contributed by atoms with Crippen molar-refractivity contribution in [2.45, 2.75) is 64.2 Å². The van der Waals surface area contributed by atoms with Crippen LogP contribution < -0.4 is 14.4 Å². The van der Waals surface area contributed by atoms with Crippen LogP contribution in [0.1, 0.15) is 64.5 Å². The van der Waals surface area contributed by atoms with Crippen molar-refractivity contribution in [2.24, 2.45) is 0 Å². The Balaban J connectivity index is 0.942. The summed E-state index contributed by atoms with van der Waals surface area (Å²) in [4.78, 5) is 24.9. The largest absolute Gasteiger partial charge is 0.494 e. The molecule has 0 bridgehead atoms. The van der Waals surface area contributed by atoms with Gasteiger partial charge in [0.2, 0.25) is 5.69 Å². The average Bonchev–Trinajstić information content (AvgIpc) is 3.52. The van der Waals surface area contributed by atoms with E-state index < -0.39 is 4.92 Å². The van der Waals surface area contributed by atoms with Gasteiger partial charge in [-0.3, -0.25) is 14.9 Å². The number of non-ortho nitro benzene ring substituents is 1. The van der Waals surface area contributed by atoms with Crippen molar-refractivity contribution in [1.29, 1.82) is 0 Å². The molecule has 0 amide bonds. The maximum Gasteiger partial charge on any atom is 0.311 e. The molecular weight excluding hydrogens is 711 g/mol. The minimum Gasteiger partial charge on any atom is -0.494 e. The molecule has 0 aliphatic carbocycles. The quantitative estimate of drug-likeness (QED) is 0.0226. The Morgan fingerprint density at radius 3 is 2.25 bits per heavy atom. The third-order valence-corrected chi connectivity index (χ3v) is 11.4. The minimum absolute atomic E-state index is 0.0443. The van der Waals surface area contributed by atoms with E-state index >= 15 is 0 Å². The van der Waals surface area contributed by atoms with Crippen molar-refractivity contribution in [3.8, 4) is 11.5 Å². The molecule has 2 aliphatic rings. The summed E-state index contributed by atoms with van der Waals surface area (Å²) in [6.45, 7) is 9.73. The lowest BCUT2D eigenvalue weighted by molar-refractivity contribution is -0.401. The number of esters is 1. The first-order valence-electron chi connectivity index (χ1n) is 19.6. The Bertz CT molecular complexity index is 2520. The van der Waals surface area contributed by atoms with E-state index in [1.54, 1.807) is 0 Å². The SMILES string of the molecule is CN1C(=CC=CC=CC=CC2=[N+](C)c3ccc4ccc(OCCCCCC(=O)Oc5ccc([N+](=O)[O-])cc5)cc4c3C2(C)C)C(C)(C)c2c1ccc1ccccc21. The third kappa shape index (κ3) is 7.77. The summed E-state index contributed by atoms with van der Waals surface area (Å²) in [5, 5.41) is 15.8. The van der Waals surface area contributed by atoms with E-state index in [1.165, 1.54) is 79.7 Å². The topological polar surface area (TPSA) is 84.9 Å². The first-order chi connectivity index (χ1) is 27.4. The molecule has 0 saturated heterocycles. The van der Waals surface area contributed by atoms with E-state index in [9.17, 15) is 14.9 Å². The Labute approximate surface area is 334 Å². The summed E-state index contributed by atoms with van der Waals surface area (Å²) in [5.74, 6) is 0.772. The van der Waals surface area contributed by atoms with Crippen LogP contribution in [-0.4, -0.2) is 41.9 Å². The molecule has 8 heteroatoms. The molecule has 0 saturated carbocycles. The van der Waals surface area contributed by atoms with Gasteiger partial charge < -0.3 is 14.4 Å². The van der Waals surface area contributed by atoms with Crippen LogP contribution in [0.15, 0.2) is 139 Å². The highest BCUT2D eigenvalue weighted by Gasteiger charge is 2.44. The van der Waals surface area contributed by atoms with Crippen LogP contribution in [-0.2, 0) is 15.6 Å². The van der Waals surface area contributed by atoms with Gasteiger partial charge in [0.25, 0.3) is 5.69 Å². The standard InChI is InChI=1S/C49H50N3O5/c1-48(2)43(50(5)41-30-23-34-17-14-15-18-39(34)46(41)48)19-11-8-7-9-12-20-44-49(3,4)47-40-33-38(27-22-35(40)24-31-42(47)51(44)6)56-32-16-10-13-21-45(53)57-37-28-25-36(26-29-37)52(54)55/h7-9,11-12,14-15,17-20,22-31,33H,10,13,16,21,32H2,1-6H3/q+1. The van der Waals surface area contributed by atoms with Gasteiger partial charge in [-0.05, 0) is 103 Å². The number of nitrogens with zero attached hydrogens (tertiary/aromatic N) is 3. The zero-order chi connectivity index (χ0) is 40.3. The van der Waals surface area contributed by atoms with Gasteiger partial charge in [-0.15, -0.1) is 0 Å². The van der Waals surface area contributed by atoms with Crippen LogP contribution in [0, 0.1) is 10.1 Å². The number of nitro benzene ring substituents is 1. The smallest absolute Gasteiger partial charge is 0.311 e. The van der Waals surface area contributed by atoms with Crippen molar-refractivity contribution in [3.05, 3.63) is 160 Å². The molecule has 0 unspecified atom stereocenters. The van der Waals surface area contributed by atoms with Crippen molar-refractivity contribution in [3.63, 3.8) is 0 Å². The molecule has 5 aromatic carbocycles. The highest BCUT2D eigenvalue weighted by molar-refractivity contribution is 6.08. The van der Waals surface area contributed by atoms with Crippen LogP contribution in [0.5, 0.6) is 11.5 Å². The van der Waals surface area contributed by atoms with E-state index in [0.717, 1.165) is 18.6 Å². The first kappa shape index (κ1) is 39.0. The zero-order valence-corrected chi connectivity index (χ0v) is 33.6. The number of hydrogen-bond acceptors (Lipinski definition) is 6. The molecule has 2 aliphatic heterocycles. The van der Waals surface area contributed by atoms with E-state index in [-0.39, 0.29) is 28.9 Å². The molecule has 0 radical (unpaired) electrons. The third-order valence-electron chi connectivity index (χ3n) is 11.4. The highest BCUT2D eigenvalue weighted by atomic mass is 16.6. The Morgan fingerprint density at radius 1 is 0.772 bits per heavy atom. The predicted octanol–water partition coefficient (Wildman–Crippen LogP) is 11.4. The molecular formula is C49H50N3O5+. The number of carbonyl (C=O) groups is 1. The van der Waals surface area contributed by atoms with Crippen LogP contribution in [0.3, 0.4) is 0 Å². The number of nitro groups is 1. The van der Waals surface area contributed by atoms with Crippen LogP contribution >= 0.6 is 0 Å². The second-order valence-corrected chi connectivity index (χ2v) is 15.8. The molecule has 0 atom stereocenters. The van der Waals surface area contributed by atoms with Gasteiger partial charge in [-0.2, -0.15) is 4.58 Å². The van der Waals surface area contributed by atoms with Crippen molar-refractivity contribution in [2.75, 3.05) is 25.6 Å². The monoisotopic (exact) mass is 760 g/mol. The number of fused-ring (bicyclic) bond motifs is 6. The first-order valence-corrected chi connectivity index (χ1v) is 19.6. The maximum atomic E-state index is 12.2. The Hall–Kier alpha value is -6.28.